The summed E-state index contributed by atoms with van der Waals surface area (Å²) in [5.74, 6) is 0.169. The maximum atomic E-state index is 12.9. The predicted octanol–water partition coefficient (Wildman–Crippen LogP) is 3.10. The first-order valence-corrected chi connectivity index (χ1v) is 13.4. The molecule has 0 bridgehead atoms. The van der Waals surface area contributed by atoms with Crippen molar-refractivity contribution in [2.24, 2.45) is 5.92 Å². The quantitative estimate of drug-likeness (QED) is 0.546. The van der Waals surface area contributed by atoms with E-state index in [1.165, 1.54) is 16.8 Å². The van der Waals surface area contributed by atoms with E-state index < -0.39 is 0 Å². The molecule has 0 spiro atoms. The molecule has 1 N–H and O–H groups in total. The molecule has 1 atom stereocenters. The van der Waals surface area contributed by atoms with E-state index in [4.69, 9.17) is 0 Å². The topological polar surface area (TPSA) is 69.5 Å². The molecule has 8 nitrogen and oxygen atoms in total. The van der Waals surface area contributed by atoms with Crippen molar-refractivity contribution < 1.29 is 4.79 Å². The van der Waals surface area contributed by atoms with Crippen molar-refractivity contribution in [3.8, 4) is 5.13 Å². The lowest BCUT2D eigenvalue weighted by Crippen LogP contribution is -2.49. The number of anilines is 2. The number of nitrogens with zero attached hydrogens (tertiary/aromatic N) is 6. The normalized spacial score (nSPS) is 19.2. The Balaban J connectivity index is 1.06. The van der Waals surface area contributed by atoms with Crippen LogP contribution in [0.15, 0.2) is 42.7 Å². The molecule has 0 saturated carbocycles. The van der Waals surface area contributed by atoms with Crippen LogP contribution < -0.4 is 15.1 Å². The molecule has 0 aliphatic carbocycles. The molecule has 0 radical (unpaired) electrons. The minimum atomic E-state index is 0.00354. The Morgan fingerprint density at radius 1 is 1.00 bits per heavy atom. The number of hydrogen-bond acceptors (Lipinski definition) is 7. The van der Waals surface area contributed by atoms with Crippen LogP contribution in [0.5, 0.6) is 0 Å². The lowest BCUT2D eigenvalue weighted by Gasteiger charge is -2.37. The lowest BCUT2D eigenvalue weighted by atomic mass is 9.97. The molecule has 2 aromatic heterocycles. The molecule has 2 saturated heterocycles. The van der Waals surface area contributed by atoms with E-state index in [1.807, 2.05) is 29.1 Å². The maximum Gasteiger partial charge on any atom is 0.224 e. The fraction of sp³-hybridized carbons (Fsp3) is 0.500. The molecule has 4 heterocycles. The number of carbonyl (C=O) groups excluding carboxylic acids is 1. The molecule has 186 valence electrons. The Labute approximate surface area is 211 Å². The first kappa shape index (κ1) is 23.8. The smallest absolute Gasteiger partial charge is 0.224 e. The van der Waals surface area contributed by atoms with Gasteiger partial charge in [0.25, 0.3) is 0 Å². The third kappa shape index (κ3) is 5.51. The van der Waals surface area contributed by atoms with Gasteiger partial charge in [-0.1, -0.05) is 23.5 Å². The molecular formula is C26H35N7OS. The standard InChI is InChI=1S/C26H35N7OS/c1-20-7-5-9-23(21(20)2)31-17-15-30(16-18-31)14-10-27-24(34)22-8-6-13-33(19-22)26-29-28-25(35-26)32-11-3-4-12-32/h3-5,7,9,11-12,22H,6,8,10,13-19H2,1-2H3,(H,27,34)/t22-/m1/s1. The van der Waals surface area contributed by atoms with Crippen LogP contribution >= 0.6 is 11.3 Å². The van der Waals surface area contributed by atoms with Crippen molar-refractivity contribution in [2.45, 2.75) is 26.7 Å². The molecule has 2 fully saturated rings. The average Bonchev–Trinajstić information content (AvgIpc) is 3.59. The number of rotatable bonds is 7. The molecule has 0 unspecified atom stereocenters. The molecule has 1 amide bonds. The Morgan fingerprint density at radius 3 is 2.57 bits per heavy atom. The van der Waals surface area contributed by atoms with Gasteiger partial charge in [-0.2, -0.15) is 0 Å². The number of aromatic nitrogens is 3. The van der Waals surface area contributed by atoms with E-state index >= 15 is 0 Å². The highest BCUT2D eigenvalue weighted by Crippen LogP contribution is 2.28. The van der Waals surface area contributed by atoms with Gasteiger partial charge >= 0.3 is 0 Å². The molecule has 9 heteroatoms. The van der Waals surface area contributed by atoms with Crippen molar-refractivity contribution in [1.29, 1.82) is 0 Å². The van der Waals surface area contributed by atoms with E-state index in [-0.39, 0.29) is 11.8 Å². The number of amides is 1. The number of aryl methyl sites for hydroxylation is 1. The van der Waals surface area contributed by atoms with Crippen LogP contribution in [0.25, 0.3) is 5.13 Å². The Morgan fingerprint density at radius 2 is 1.77 bits per heavy atom. The third-order valence-electron chi connectivity index (χ3n) is 7.31. The molecule has 1 aromatic carbocycles. The minimum Gasteiger partial charge on any atom is -0.369 e. The maximum absolute atomic E-state index is 12.9. The Hall–Kier alpha value is -2.91. The van der Waals surface area contributed by atoms with Gasteiger partial charge in [-0.3, -0.25) is 14.3 Å². The van der Waals surface area contributed by atoms with E-state index in [1.54, 1.807) is 11.3 Å². The fourth-order valence-corrected chi connectivity index (χ4v) is 5.89. The van der Waals surface area contributed by atoms with Crippen molar-refractivity contribution in [1.82, 2.24) is 25.0 Å². The zero-order valence-corrected chi connectivity index (χ0v) is 21.5. The van der Waals surface area contributed by atoms with Gasteiger partial charge in [0.15, 0.2) is 0 Å². The molecule has 2 aliphatic heterocycles. The number of piperazine rings is 1. The van der Waals surface area contributed by atoms with Crippen LogP contribution in [0.1, 0.15) is 24.0 Å². The van der Waals surface area contributed by atoms with Gasteiger partial charge in [-0.05, 0) is 56.0 Å². The number of hydrogen-bond donors (Lipinski definition) is 1. The monoisotopic (exact) mass is 493 g/mol. The summed E-state index contributed by atoms with van der Waals surface area (Å²) in [5.41, 5.74) is 4.08. The van der Waals surface area contributed by atoms with Gasteiger partial charge < -0.3 is 15.1 Å². The Bertz CT molecular complexity index is 1120. The summed E-state index contributed by atoms with van der Waals surface area (Å²) in [4.78, 5) is 20.1. The van der Waals surface area contributed by atoms with Crippen molar-refractivity contribution in [2.75, 3.05) is 62.2 Å². The second-order valence-corrected chi connectivity index (χ2v) is 10.5. The van der Waals surface area contributed by atoms with Crippen molar-refractivity contribution in [3.63, 3.8) is 0 Å². The average molecular weight is 494 g/mol. The van der Waals surface area contributed by atoms with Crippen LogP contribution in [-0.2, 0) is 4.79 Å². The zero-order chi connectivity index (χ0) is 24.2. The van der Waals surface area contributed by atoms with Crippen molar-refractivity contribution in [3.05, 3.63) is 53.9 Å². The van der Waals surface area contributed by atoms with Crippen LogP contribution in [0, 0.1) is 19.8 Å². The lowest BCUT2D eigenvalue weighted by molar-refractivity contribution is -0.125. The summed E-state index contributed by atoms with van der Waals surface area (Å²) >= 11 is 1.57. The third-order valence-corrected chi connectivity index (χ3v) is 8.31. The summed E-state index contributed by atoms with van der Waals surface area (Å²) < 4.78 is 1.97. The van der Waals surface area contributed by atoms with Gasteiger partial charge in [0, 0.05) is 70.4 Å². The largest absolute Gasteiger partial charge is 0.369 e. The highest BCUT2D eigenvalue weighted by Gasteiger charge is 2.28. The summed E-state index contributed by atoms with van der Waals surface area (Å²) in [6.45, 7) is 11.8. The summed E-state index contributed by atoms with van der Waals surface area (Å²) in [5, 5.41) is 13.7. The molecule has 35 heavy (non-hydrogen) atoms. The molecule has 3 aromatic rings. The number of nitrogens with one attached hydrogen (secondary N) is 1. The van der Waals surface area contributed by atoms with Gasteiger partial charge in [0.05, 0.1) is 5.92 Å². The van der Waals surface area contributed by atoms with Crippen LogP contribution in [-0.4, -0.2) is 77.9 Å². The second-order valence-electron chi connectivity index (χ2n) is 9.58. The SMILES string of the molecule is Cc1cccc(N2CCN(CCNC(=O)[C@@H]3CCCN(c4nnc(-n5cccc5)s4)C3)CC2)c1C. The van der Waals surface area contributed by atoms with E-state index in [0.29, 0.717) is 13.1 Å². The van der Waals surface area contributed by atoms with Crippen molar-refractivity contribution >= 4 is 28.1 Å². The minimum absolute atomic E-state index is 0.00354. The molecular weight excluding hydrogens is 458 g/mol. The van der Waals surface area contributed by atoms with E-state index in [9.17, 15) is 4.79 Å². The van der Waals surface area contributed by atoms with Gasteiger partial charge in [-0.15, -0.1) is 10.2 Å². The van der Waals surface area contributed by atoms with Crippen LogP contribution in [0.3, 0.4) is 0 Å². The molecule has 5 rings (SSSR count). The molecule has 2 aliphatic rings. The summed E-state index contributed by atoms with van der Waals surface area (Å²) in [6.07, 6.45) is 5.87. The second kappa shape index (κ2) is 10.8. The zero-order valence-electron chi connectivity index (χ0n) is 20.7. The fourth-order valence-electron chi connectivity index (χ4n) is 5.04. The van der Waals surface area contributed by atoms with Gasteiger partial charge in [-0.25, -0.2) is 0 Å². The first-order valence-electron chi connectivity index (χ1n) is 12.6. The Kier molecular flexibility index (Phi) is 7.34. The first-order chi connectivity index (χ1) is 17.1. The van der Waals surface area contributed by atoms with Gasteiger partial charge in [0.1, 0.15) is 0 Å². The summed E-state index contributed by atoms with van der Waals surface area (Å²) in [7, 11) is 0. The van der Waals surface area contributed by atoms with Gasteiger partial charge in [0.2, 0.25) is 16.2 Å². The van der Waals surface area contributed by atoms with E-state index in [0.717, 1.165) is 62.4 Å². The van der Waals surface area contributed by atoms with Crippen LogP contribution in [0.4, 0.5) is 10.8 Å². The highest BCUT2D eigenvalue weighted by atomic mass is 32.1. The summed E-state index contributed by atoms with van der Waals surface area (Å²) in [6, 6.07) is 10.5. The van der Waals surface area contributed by atoms with Crippen LogP contribution in [0.2, 0.25) is 0 Å². The predicted molar refractivity (Wildman–Crippen MR) is 142 cm³/mol. The number of piperidine rings is 1. The highest BCUT2D eigenvalue weighted by molar-refractivity contribution is 7.17. The van der Waals surface area contributed by atoms with E-state index in [2.05, 4.69) is 62.3 Å². The number of benzene rings is 1. The number of carbonyl (C=O) groups is 1.